The van der Waals surface area contributed by atoms with Crippen molar-refractivity contribution in [1.29, 1.82) is 0 Å². The molecule has 1 amide bonds. The van der Waals surface area contributed by atoms with Gasteiger partial charge in [0.15, 0.2) is 5.13 Å². The fraction of sp³-hybridized carbons (Fsp3) is 0.625. The number of aryl methyl sites for hydroxylation is 1. The van der Waals surface area contributed by atoms with Crippen LogP contribution in [0, 0.1) is 12.9 Å². The van der Waals surface area contributed by atoms with Crippen LogP contribution in [-0.2, 0) is 22.7 Å². The lowest BCUT2D eigenvalue weighted by molar-refractivity contribution is -0.114. The van der Waals surface area contributed by atoms with Crippen molar-refractivity contribution in [2.45, 2.75) is 58.9 Å². The zero-order valence-electron chi connectivity index (χ0n) is 15.0. The molecular formula is C16H22FN5O3S. The Morgan fingerprint density at radius 3 is 2.96 bits per heavy atom. The summed E-state index contributed by atoms with van der Waals surface area (Å²) in [5.74, 6) is 0.232. The zero-order valence-corrected chi connectivity index (χ0v) is 15.8. The van der Waals surface area contributed by atoms with Gasteiger partial charge in [0, 0.05) is 33.0 Å². The summed E-state index contributed by atoms with van der Waals surface area (Å²) in [7, 11) is 0. The van der Waals surface area contributed by atoms with Crippen LogP contribution in [0.2, 0.25) is 0 Å². The van der Waals surface area contributed by atoms with Gasteiger partial charge in [0.2, 0.25) is 23.6 Å². The molecule has 3 rings (SSSR count). The van der Waals surface area contributed by atoms with Crippen molar-refractivity contribution >= 4 is 22.4 Å². The van der Waals surface area contributed by atoms with Crippen molar-refractivity contribution in [2.75, 3.05) is 11.9 Å². The van der Waals surface area contributed by atoms with Crippen molar-refractivity contribution < 1.29 is 18.3 Å². The van der Waals surface area contributed by atoms with Gasteiger partial charge in [-0.2, -0.15) is 9.37 Å². The molecule has 2 atom stereocenters. The van der Waals surface area contributed by atoms with Crippen molar-refractivity contribution in [3.63, 3.8) is 0 Å². The van der Waals surface area contributed by atoms with Crippen LogP contribution in [0.5, 0.6) is 0 Å². The summed E-state index contributed by atoms with van der Waals surface area (Å²) in [5.41, 5.74) is 0. The van der Waals surface area contributed by atoms with Gasteiger partial charge in [-0.05, 0) is 19.8 Å². The van der Waals surface area contributed by atoms with Gasteiger partial charge in [-0.15, -0.1) is 10.2 Å². The zero-order chi connectivity index (χ0) is 18.7. The van der Waals surface area contributed by atoms with E-state index in [1.165, 1.54) is 18.3 Å². The second kappa shape index (κ2) is 8.19. The van der Waals surface area contributed by atoms with Crippen molar-refractivity contribution in [3.8, 4) is 0 Å². The SMILES string of the molecule is CC(=O)Nc1nc(F)c(CN2CCC(OCc3nnc(C)o3)CC2C)s1. The van der Waals surface area contributed by atoms with Crippen LogP contribution in [0.4, 0.5) is 9.52 Å². The number of nitrogens with zero attached hydrogens (tertiary/aromatic N) is 4. The molecule has 26 heavy (non-hydrogen) atoms. The van der Waals surface area contributed by atoms with Gasteiger partial charge in [0.05, 0.1) is 11.0 Å². The van der Waals surface area contributed by atoms with Crippen molar-refractivity contribution in [1.82, 2.24) is 20.1 Å². The molecule has 1 aliphatic heterocycles. The Bertz CT molecular complexity index is 765. The molecule has 1 fully saturated rings. The second-order valence-electron chi connectivity index (χ2n) is 6.41. The third kappa shape index (κ3) is 4.83. The number of thiazole rings is 1. The number of amides is 1. The van der Waals surface area contributed by atoms with E-state index in [1.807, 2.05) is 0 Å². The van der Waals surface area contributed by atoms with Gasteiger partial charge >= 0.3 is 0 Å². The Balaban J connectivity index is 1.51. The standard InChI is InChI=1S/C16H22FN5O3S/c1-9-6-12(24-8-14-21-20-11(3)25-14)4-5-22(9)7-13-15(17)19-16(26-13)18-10(2)23/h9,12H,4-8H2,1-3H3,(H,18,19,23). The molecule has 2 aromatic rings. The minimum absolute atomic E-state index is 0.106. The van der Waals surface area contributed by atoms with Crippen molar-refractivity contribution in [3.05, 3.63) is 22.6 Å². The van der Waals surface area contributed by atoms with E-state index < -0.39 is 5.95 Å². The number of aromatic nitrogens is 3. The fourth-order valence-corrected chi connectivity index (χ4v) is 3.88. The Labute approximate surface area is 154 Å². The van der Waals surface area contributed by atoms with Gasteiger partial charge in [0.25, 0.3) is 0 Å². The summed E-state index contributed by atoms with van der Waals surface area (Å²) in [5, 5.41) is 10.5. The van der Waals surface area contributed by atoms with Crippen LogP contribution in [0.25, 0.3) is 0 Å². The molecule has 2 aromatic heterocycles. The van der Waals surface area contributed by atoms with Crippen LogP contribution < -0.4 is 5.32 Å². The highest BCUT2D eigenvalue weighted by Crippen LogP contribution is 2.27. The predicted octanol–water partition coefficient (Wildman–Crippen LogP) is 2.50. The first kappa shape index (κ1) is 18.9. The molecule has 0 aliphatic carbocycles. The normalized spacial score (nSPS) is 21.1. The van der Waals surface area contributed by atoms with Crippen LogP contribution in [0.1, 0.15) is 43.3 Å². The number of nitrogens with one attached hydrogen (secondary N) is 1. The first-order valence-corrected chi connectivity index (χ1v) is 9.29. The monoisotopic (exact) mass is 383 g/mol. The molecule has 1 aliphatic rings. The number of halogens is 1. The number of likely N-dealkylation sites (tertiary alicyclic amines) is 1. The van der Waals surface area contributed by atoms with Gasteiger partial charge in [-0.3, -0.25) is 9.69 Å². The largest absolute Gasteiger partial charge is 0.423 e. The average molecular weight is 383 g/mol. The Morgan fingerprint density at radius 2 is 2.31 bits per heavy atom. The minimum atomic E-state index is -0.518. The topological polar surface area (TPSA) is 93.4 Å². The van der Waals surface area contributed by atoms with E-state index in [0.717, 1.165) is 19.4 Å². The maximum absolute atomic E-state index is 14.0. The second-order valence-corrected chi connectivity index (χ2v) is 7.49. The number of ether oxygens (including phenoxy) is 1. The third-order valence-electron chi connectivity index (χ3n) is 4.26. The molecule has 142 valence electrons. The number of piperidine rings is 1. The van der Waals surface area contributed by atoms with Crippen LogP contribution in [-0.4, -0.2) is 44.7 Å². The lowest BCUT2D eigenvalue weighted by Crippen LogP contribution is -2.42. The molecule has 0 bridgehead atoms. The summed E-state index contributed by atoms with van der Waals surface area (Å²) in [6, 6.07) is 0.240. The molecule has 3 heterocycles. The summed E-state index contributed by atoms with van der Waals surface area (Å²) in [6.07, 6.45) is 1.79. The summed E-state index contributed by atoms with van der Waals surface area (Å²) < 4.78 is 25.2. The highest BCUT2D eigenvalue weighted by Gasteiger charge is 2.28. The van der Waals surface area contributed by atoms with Crippen LogP contribution >= 0.6 is 11.3 Å². The van der Waals surface area contributed by atoms with Crippen molar-refractivity contribution in [2.24, 2.45) is 0 Å². The number of carbonyl (C=O) groups excluding carboxylic acids is 1. The molecule has 1 N–H and O–H groups in total. The molecule has 10 heteroatoms. The molecule has 1 saturated heterocycles. The maximum Gasteiger partial charge on any atom is 0.242 e. The lowest BCUT2D eigenvalue weighted by Gasteiger charge is -2.37. The molecule has 0 spiro atoms. The van der Waals surface area contributed by atoms with E-state index in [2.05, 4.69) is 32.3 Å². The molecule has 0 aromatic carbocycles. The lowest BCUT2D eigenvalue weighted by atomic mass is 10.0. The molecular weight excluding hydrogens is 361 g/mol. The van der Waals surface area contributed by atoms with Crippen LogP contribution in [0.15, 0.2) is 4.42 Å². The Hall–Kier alpha value is -1.91. The minimum Gasteiger partial charge on any atom is -0.423 e. The molecule has 2 unspecified atom stereocenters. The Kier molecular flexibility index (Phi) is 5.94. The number of hydrogen-bond acceptors (Lipinski definition) is 8. The predicted molar refractivity (Wildman–Crippen MR) is 93.1 cm³/mol. The third-order valence-corrected chi connectivity index (χ3v) is 5.19. The molecule has 0 saturated carbocycles. The quantitative estimate of drug-likeness (QED) is 0.819. The average Bonchev–Trinajstić information content (AvgIpc) is 3.13. The first-order valence-electron chi connectivity index (χ1n) is 8.48. The van der Waals surface area contributed by atoms with Gasteiger partial charge in [-0.25, -0.2) is 0 Å². The summed E-state index contributed by atoms with van der Waals surface area (Å²) in [6.45, 7) is 6.79. The smallest absolute Gasteiger partial charge is 0.242 e. The number of hydrogen-bond donors (Lipinski definition) is 1. The van der Waals surface area contributed by atoms with Gasteiger partial charge < -0.3 is 14.5 Å². The summed E-state index contributed by atoms with van der Waals surface area (Å²) >= 11 is 1.18. The van der Waals surface area contributed by atoms with E-state index in [9.17, 15) is 9.18 Å². The highest BCUT2D eigenvalue weighted by molar-refractivity contribution is 7.15. The first-order chi connectivity index (χ1) is 12.4. The number of anilines is 1. The Morgan fingerprint density at radius 1 is 1.50 bits per heavy atom. The number of rotatable bonds is 6. The fourth-order valence-electron chi connectivity index (χ4n) is 2.97. The van der Waals surface area contributed by atoms with E-state index in [-0.39, 0.29) is 18.1 Å². The van der Waals surface area contributed by atoms with E-state index >= 15 is 0 Å². The van der Waals surface area contributed by atoms with Crippen LogP contribution in [0.3, 0.4) is 0 Å². The summed E-state index contributed by atoms with van der Waals surface area (Å²) in [4.78, 5) is 17.6. The van der Waals surface area contributed by atoms with E-state index in [1.54, 1.807) is 6.92 Å². The van der Waals surface area contributed by atoms with E-state index in [0.29, 0.717) is 34.9 Å². The maximum atomic E-state index is 14.0. The van der Waals surface area contributed by atoms with E-state index in [4.69, 9.17) is 9.15 Å². The molecule has 0 radical (unpaired) electrons. The molecule has 8 nitrogen and oxygen atoms in total. The highest BCUT2D eigenvalue weighted by atomic mass is 32.1. The van der Waals surface area contributed by atoms with Gasteiger partial charge in [-0.1, -0.05) is 11.3 Å². The van der Waals surface area contributed by atoms with Gasteiger partial charge in [0.1, 0.15) is 6.61 Å². The number of carbonyl (C=O) groups is 1.